The summed E-state index contributed by atoms with van der Waals surface area (Å²) in [5.41, 5.74) is 0.771. The molecule has 0 aliphatic rings. The Morgan fingerprint density at radius 1 is 1.05 bits per heavy atom. The van der Waals surface area contributed by atoms with Crippen molar-refractivity contribution in [2.75, 3.05) is 11.6 Å². The van der Waals surface area contributed by atoms with Gasteiger partial charge in [-0.2, -0.15) is 31.6 Å². The number of fused-ring (bicyclic) bond motifs is 1. The van der Waals surface area contributed by atoms with Crippen LogP contribution in [0.1, 0.15) is 11.7 Å². The van der Waals surface area contributed by atoms with Crippen LogP contribution in [-0.2, 0) is 26.3 Å². The molecular formula is C25H18F3N7O7S. The highest BCUT2D eigenvalue weighted by molar-refractivity contribution is 7.92. The molecule has 0 aliphatic heterocycles. The zero-order valence-electron chi connectivity index (χ0n) is 22.0. The summed E-state index contributed by atoms with van der Waals surface area (Å²) in [6.45, 7) is 1.62. The number of pyridine rings is 2. The lowest BCUT2D eigenvalue weighted by Gasteiger charge is -2.22. The number of alkyl halides is 3. The minimum absolute atomic E-state index is 0.0373. The monoisotopic (exact) mass is 617 g/mol. The number of anilines is 1. The molecule has 0 amide bonds. The number of halogens is 3. The molecule has 4 aromatic heterocycles. The Morgan fingerprint density at radius 2 is 1.86 bits per heavy atom. The highest BCUT2D eigenvalue weighted by Crippen LogP contribution is 2.35. The van der Waals surface area contributed by atoms with Crippen LogP contribution in [0.5, 0.6) is 11.8 Å². The minimum atomic E-state index is -5.48. The predicted molar refractivity (Wildman–Crippen MR) is 139 cm³/mol. The van der Waals surface area contributed by atoms with Gasteiger partial charge in [0.15, 0.2) is 18.2 Å². The van der Waals surface area contributed by atoms with Gasteiger partial charge < -0.3 is 18.8 Å². The van der Waals surface area contributed by atoms with Gasteiger partial charge in [0.25, 0.3) is 15.9 Å². The number of ether oxygens (including phenoxy) is 2. The zero-order chi connectivity index (χ0) is 30.8. The number of nitrogens with zero attached hydrogens (tertiary/aromatic N) is 7. The van der Waals surface area contributed by atoms with E-state index in [-0.39, 0.29) is 28.7 Å². The summed E-state index contributed by atoms with van der Waals surface area (Å²) in [6.07, 6.45) is -2.15. The SMILES string of the molecule is COc1nc(OCc2nc(C)no2)ccc1-c1nccc2cc(S(=O)(=O)N(OC(=O)C(F)(F)F)c3ccncn3)ccc12. The van der Waals surface area contributed by atoms with Crippen LogP contribution in [0.3, 0.4) is 0 Å². The van der Waals surface area contributed by atoms with Crippen molar-refractivity contribution in [1.82, 2.24) is 30.1 Å². The highest BCUT2D eigenvalue weighted by atomic mass is 32.2. The van der Waals surface area contributed by atoms with Crippen LogP contribution in [-0.4, -0.2) is 57.7 Å². The third-order valence-electron chi connectivity index (χ3n) is 5.60. The Kier molecular flexibility index (Phi) is 7.77. The normalized spacial score (nSPS) is 11.7. The Balaban J connectivity index is 1.50. The molecule has 0 radical (unpaired) electrons. The van der Waals surface area contributed by atoms with Gasteiger partial charge in [0.1, 0.15) is 6.33 Å². The first kappa shape index (κ1) is 29.1. The molecular weight excluding hydrogens is 599 g/mol. The van der Waals surface area contributed by atoms with Gasteiger partial charge in [0, 0.05) is 29.9 Å². The van der Waals surface area contributed by atoms with Crippen LogP contribution in [0.4, 0.5) is 19.0 Å². The standard InChI is InChI=1S/C25H18F3N7O7S/c1-14-32-21(41-34-14)12-40-20-6-5-18(23(33-20)39-2)22-17-4-3-16(11-15(17)7-10-30-22)43(37,38)35(19-8-9-29-13-31-19)42-24(36)25(26,27)28/h3-11,13H,12H2,1-2H3. The first-order valence-electron chi connectivity index (χ1n) is 11.9. The minimum Gasteiger partial charge on any atom is -0.480 e. The molecule has 1 aromatic carbocycles. The summed E-state index contributed by atoms with van der Waals surface area (Å²) >= 11 is 0. The van der Waals surface area contributed by atoms with E-state index >= 15 is 0 Å². The number of benzene rings is 1. The van der Waals surface area contributed by atoms with Crippen LogP contribution in [0.25, 0.3) is 22.0 Å². The summed E-state index contributed by atoms with van der Waals surface area (Å²) in [4.78, 5) is 35.3. The third-order valence-corrected chi connectivity index (χ3v) is 7.15. The van der Waals surface area contributed by atoms with Gasteiger partial charge in [-0.3, -0.25) is 4.98 Å². The van der Waals surface area contributed by atoms with Gasteiger partial charge in [0.05, 0.1) is 23.3 Å². The average Bonchev–Trinajstić information content (AvgIpc) is 3.42. The van der Waals surface area contributed by atoms with Gasteiger partial charge in [-0.25, -0.2) is 14.8 Å². The van der Waals surface area contributed by atoms with Crippen molar-refractivity contribution in [3.63, 3.8) is 0 Å². The van der Waals surface area contributed by atoms with Crippen LogP contribution in [0.15, 0.2) is 70.6 Å². The average molecular weight is 618 g/mol. The third kappa shape index (κ3) is 6.13. The molecule has 5 aromatic rings. The van der Waals surface area contributed by atoms with E-state index < -0.39 is 32.9 Å². The predicted octanol–water partition coefficient (Wildman–Crippen LogP) is 3.58. The fraction of sp³-hybridized carbons (Fsp3) is 0.160. The summed E-state index contributed by atoms with van der Waals surface area (Å²) in [5, 5.41) is 4.45. The van der Waals surface area contributed by atoms with Crippen molar-refractivity contribution in [2.24, 2.45) is 0 Å². The number of rotatable bonds is 9. The Morgan fingerprint density at radius 3 is 2.53 bits per heavy atom. The quantitative estimate of drug-likeness (QED) is 0.220. The van der Waals surface area contributed by atoms with Crippen molar-refractivity contribution in [3.8, 4) is 23.0 Å². The maximum absolute atomic E-state index is 13.4. The second-order valence-corrected chi connectivity index (χ2v) is 10.2. The Bertz CT molecular complexity index is 1900. The molecule has 222 valence electrons. The molecule has 0 atom stereocenters. The molecule has 0 fully saturated rings. The molecule has 0 spiro atoms. The molecule has 43 heavy (non-hydrogen) atoms. The van der Waals surface area contributed by atoms with Gasteiger partial charge in [-0.15, -0.1) is 0 Å². The lowest BCUT2D eigenvalue weighted by molar-refractivity contribution is -0.199. The molecule has 18 heteroatoms. The van der Waals surface area contributed by atoms with Crippen molar-refractivity contribution < 1.29 is 45.2 Å². The van der Waals surface area contributed by atoms with Crippen LogP contribution >= 0.6 is 0 Å². The Hall–Kier alpha value is -5.39. The van der Waals surface area contributed by atoms with Crippen molar-refractivity contribution in [2.45, 2.75) is 24.6 Å². The van der Waals surface area contributed by atoms with Crippen molar-refractivity contribution in [3.05, 3.63) is 72.9 Å². The largest absolute Gasteiger partial charge is 0.493 e. The number of hydrogen-bond acceptors (Lipinski definition) is 13. The summed E-state index contributed by atoms with van der Waals surface area (Å²) < 4.78 is 81.6. The van der Waals surface area contributed by atoms with E-state index in [4.69, 9.17) is 14.0 Å². The molecule has 0 saturated carbocycles. The zero-order valence-corrected chi connectivity index (χ0v) is 22.8. The number of carbonyl (C=O) groups is 1. The number of hydrogen-bond donors (Lipinski definition) is 0. The molecule has 0 bridgehead atoms. The fourth-order valence-electron chi connectivity index (χ4n) is 3.74. The topological polar surface area (TPSA) is 173 Å². The number of aromatic nitrogens is 6. The van der Waals surface area contributed by atoms with Gasteiger partial charge in [-0.1, -0.05) is 15.7 Å². The number of aryl methyl sites for hydroxylation is 1. The van der Waals surface area contributed by atoms with Crippen LogP contribution < -0.4 is 13.9 Å². The first-order valence-corrected chi connectivity index (χ1v) is 13.4. The van der Waals surface area contributed by atoms with E-state index in [1.54, 1.807) is 19.1 Å². The highest BCUT2D eigenvalue weighted by Gasteiger charge is 2.45. The van der Waals surface area contributed by atoms with E-state index in [9.17, 15) is 26.4 Å². The molecule has 0 unspecified atom stereocenters. The second kappa shape index (κ2) is 11.5. The van der Waals surface area contributed by atoms with E-state index in [0.717, 1.165) is 24.7 Å². The maximum atomic E-state index is 13.4. The Labute approximate surface area is 240 Å². The molecule has 5 rings (SSSR count). The molecule has 4 heterocycles. The molecule has 0 saturated heterocycles. The number of carbonyl (C=O) groups excluding carboxylic acids is 1. The maximum Gasteiger partial charge on any atom is 0.493 e. The first-order chi connectivity index (χ1) is 20.5. The smallest absolute Gasteiger partial charge is 0.480 e. The second-order valence-electron chi connectivity index (χ2n) is 8.45. The summed E-state index contributed by atoms with van der Waals surface area (Å²) in [7, 11) is -3.53. The van der Waals surface area contributed by atoms with Gasteiger partial charge >= 0.3 is 12.1 Å². The lowest BCUT2D eigenvalue weighted by atomic mass is 10.1. The van der Waals surface area contributed by atoms with Crippen molar-refractivity contribution in [1.29, 1.82) is 0 Å². The lowest BCUT2D eigenvalue weighted by Crippen LogP contribution is -2.39. The van der Waals surface area contributed by atoms with Crippen molar-refractivity contribution >= 4 is 32.6 Å². The van der Waals surface area contributed by atoms with Gasteiger partial charge in [0.2, 0.25) is 11.8 Å². The van der Waals surface area contributed by atoms with Crippen LogP contribution in [0.2, 0.25) is 0 Å². The molecule has 0 aliphatic carbocycles. The van der Waals surface area contributed by atoms with Gasteiger partial charge in [-0.05, 0) is 36.6 Å². The van der Waals surface area contributed by atoms with E-state index in [1.807, 2.05) is 0 Å². The fourth-order valence-corrected chi connectivity index (χ4v) is 4.97. The number of methoxy groups -OCH3 is 1. The molecule has 0 N–H and O–H groups in total. The molecule has 14 nitrogen and oxygen atoms in total. The van der Waals surface area contributed by atoms with Crippen LogP contribution in [0, 0.1) is 6.92 Å². The van der Waals surface area contributed by atoms with E-state index in [2.05, 4.69) is 34.9 Å². The summed E-state index contributed by atoms with van der Waals surface area (Å²) in [6, 6.07) is 9.29. The summed E-state index contributed by atoms with van der Waals surface area (Å²) in [5.74, 6) is -2.39. The van der Waals surface area contributed by atoms with E-state index in [1.165, 1.54) is 31.5 Å². The van der Waals surface area contributed by atoms with E-state index in [0.29, 0.717) is 27.9 Å². The number of sulfonamides is 1.